The highest BCUT2D eigenvalue weighted by atomic mass is 35.5. The van der Waals surface area contributed by atoms with E-state index >= 15 is 0 Å². The predicted molar refractivity (Wildman–Crippen MR) is 198 cm³/mol. The van der Waals surface area contributed by atoms with E-state index in [1.54, 1.807) is 18.2 Å². The average molecular weight is 693 g/mol. The SMILES string of the molecule is COC(=O)/C(=C/c1c(Cl)cccc1Cl)C(=O)CCc1ccccc1COCCCNC(c1ccccc1)(c1ccccc1)c1ccccc1. The number of carbonyl (C=O) groups excluding carboxylic acids is 2. The van der Waals surface area contributed by atoms with Crippen molar-refractivity contribution in [2.24, 2.45) is 0 Å². The van der Waals surface area contributed by atoms with Crippen molar-refractivity contribution in [2.75, 3.05) is 20.3 Å². The number of nitrogens with one attached hydrogen (secondary N) is 1. The van der Waals surface area contributed by atoms with Crippen molar-refractivity contribution in [1.29, 1.82) is 0 Å². The number of Topliss-reactive ketones (excluding diaryl/α,β-unsaturated/α-hetero) is 1. The molecule has 0 spiro atoms. The first kappa shape index (κ1) is 35.8. The Kier molecular flexibility index (Phi) is 13.0. The molecule has 0 bridgehead atoms. The second kappa shape index (κ2) is 17.8. The molecule has 5 aromatic rings. The van der Waals surface area contributed by atoms with Crippen LogP contribution in [0.25, 0.3) is 6.08 Å². The van der Waals surface area contributed by atoms with Crippen molar-refractivity contribution in [2.45, 2.75) is 31.4 Å². The van der Waals surface area contributed by atoms with Gasteiger partial charge in [-0.3, -0.25) is 10.1 Å². The Morgan fingerprint density at radius 1 is 0.694 bits per heavy atom. The van der Waals surface area contributed by atoms with Gasteiger partial charge in [-0.15, -0.1) is 0 Å². The Hall–Kier alpha value is -4.52. The van der Waals surface area contributed by atoms with Gasteiger partial charge in [-0.25, -0.2) is 4.79 Å². The van der Waals surface area contributed by atoms with E-state index in [4.69, 9.17) is 32.7 Å². The van der Waals surface area contributed by atoms with Crippen molar-refractivity contribution in [1.82, 2.24) is 5.32 Å². The van der Waals surface area contributed by atoms with Gasteiger partial charge in [0.15, 0.2) is 5.78 Å². The molecule has 0 aliphatic rings. The molecule has 0 aromatic heterocycles. The molecule has 0 saturated carbocycles. The first-order chi connectivity index (χ1) is 23.9. The summed E-state index contributed by atoms with van der Waals surface area (Å²) in [6.45, 7) is 1.66. The Balaban J connectivity index is 1.22. The van der Waals surface area contributed by atoms with Crippen LogP contribution >= 0.6 is 23.2 Å². The summed E-state index contributed by atoms with van der Waals surface area (Å²) in [5.74, 6) is -1.09. The van der Waals surface area contributed by atoms with Crippen LogP contribution in [0.3, 0.4) is 0 Å². The largest absolute Gasteiger partial charge is 0.465 e. The van der Waals surface area contributed by atoms with Crippen molar-refractivity contribution < 1.29 is 19.1 Å². The fourth-order valence-electron chi connectivity index (χ4n) is 5.98. The van der Waals surface area contributed by atoms with Crippen LogP contribution < -0.4 is 5.32 Å². The lowest BCUT2D eigenvalue weighted by Gasteiger charge is -2.37. The number of esters is 1. The minimum absolute atomic E-state index is 0.101. The maximum Gasteiger partial charge on any atom is 0.341 e. The van der Waals surface area contributed by atoms with E-state index in [1.165, 1.54) is 13.2 Å². The highest BCUT2D eigenvalue weighted by Gasteiger charge is 2.35. The number of aryl methyl sites for hydroxylation is 1. The lowest BCUT2D eigenvalue weighted by Crippen LogP contribution is -2.45. The molecule has 0 unspecified atom stereocenters. The summed E-state index contributed by atoms with van der Waals surface area (Å²) in [4.78, 5) is 25.8. The molecule has 0 heterocycles. The van der Waals surface area contributed by atoms with Gasteiger partial charge in [0.05, 0.1) is 19.3 Å². The summed E-state index contributed by atoms with van der Waals surface area (Å²) in [6, 6.07) is 44.5. The second-order valence-electron chi connectivity index (χ2n) is 11.6. The highest BCUT2D eigenvalue weighted by molar-refractivity contribution is 6.37. The van der Waals surface area contributed by atoms with Gasteiger partial charge in [-0.2, -0.15) is 0 Å². The molecule has 0 atom stereocenters. The third-order valence-electron chi connectivity index (χ3n) is 8.47. The lowest BCUT2D eigenvalue weighted by molar-refractivity contribution is -0.137. The quantitative estimate of drug-likeness (QED) is 0.0279. The van der Waals surface area contributed by atoms with E-state index in [-0.39, 0.29) is 17.8 Å². The van der Waals surface area contributed by atoms with E-state index < -0.39 is 11.5 Å². The highest BCUT2D eigenvalue weighted by Crippen LogP contribution is 2.36. The number of ketones is 1. The number of carbonyl (C=O) groups is 2. The molecular weight excluding hydrogens is 653 g/mol. The molecule has 7 heteroatoms. The van der Waals surface area contributed by atoms with Crippen LogP contribution in [0, 0.1) is 0 Å². The van der Waals surface area contributed by atoms with Crippen LogP contribution in [0.1, 0.15) is 46.2 Å². The van der Waals surface area contributed by atoms with Crippen molar-refractivity contribution >= 4 is 41.0 Å². The van der Waals surface area contributed by atoms with Crippen LogP contribution in [-0.2, 0) is 37.6 Å². The van der Waals surface area contributed by atoms with E-state index in [9.17, 15) is 9.59 Å². The maximum absolute atomic E-state index is 13.3. The number of benzene rings is 5. The third-order valence-corrected chi connectivity index (χ3v) is 9.13. The number of rotatable bonds is 16. The maximum atomic E-state index is 13.3. The fourth-order valence-corrected chi connectivity index (χ4v) is 6.49. The van der Waals surface area contributed by atoms with Gasteiger partial charge in [-0.05, 0) is 65.4 Å². The Bertz CT molecular complexity index is 1740. The number of hydrogen-bond donors (Lipinski definition) is 1. The summed E-state index contributed by atoms with van der Waals surface area (Å²) in [7, 11) is 1.24. The summed E-state index contributed by atoms with van der Waals surface area (Å²) in [5, 5.41) is 4.57. The fraction of sp³-hybridized carbons (Fsp3) is 0.190. The van der Waals surface area contributed by atoms with E-state index in [0.29, 0.717) is 41.8 Å². The van der Waals surface area contributed by atoms with Crippen molar-refractivity contribution in [3.05, 3.63) is 182 Å². The predicted octanol–water partition coefficient (Wildman–Crippen LogP) is 9.24. The van der Waals surface area contributed by atoms with Gasteiger partial charge in [0.2, 0.25) is 0 Å². The zero-order valence-corrected chi connectivity index (χ0v) is 28.9. The topological polar surface area (TPSA) is 64.6 Å². The van der Waals surface area contributed by atoms with E-state index in [1.807, 2.05) is 42.5 Å². The zero-order chi connectivity index (χ0) is 34.5. The van der Waals surface area contributed by atoms with Crippen molar-refractivity contribution in [3.63, 3.8) is 0 Å². The normalized spacial score (nSPS) is 11.7. The monoisotopic (exact) mass is 691 g/mol. The molecule has 5 rings (SSSR count). The molecule has 1 N–H and O–H groups in total. The lowest BCUT2D eigenvalue weighted by atomic mass is 9.77. The van der Waals surface area contributed by atoms with Crippen LogP contribution in [0.15, 0.2) is 139 Å². The smallest absolute Gasteiger partial charge is 0.341 e. The Labute approximate surface area is 298 Å². The molecule has 0 amide bonds. The van der Waals surface area contributed by atoms with Gasteiger partial charge >= 0.3 is 5.97 Å². The molecule has 0 saturated heterocycles. The molecule has 0 fully saturated rings. The third kappa shape index (κ3) is 8.94. The Morgan fingerprint density at radius 2 is 1.20 bits per heavy atom. The minimum atomic E-state index is -0.734. The zero-order valence-electron chi connectivity index (χ0n) is 27.4. The standard InChI is InChI=1S/C42H39Cl2NO4/c1-48-41(47)37(29-36-38(43)23-13-24-39(36)44)40(46)26-25-31-15-11-12-16-32(31)30-49-28-14-27-45-42(33-17-5-2-6-18-33,34-19-7-3-8-20-34)35-21-9-4-10-22-35/h2-13,15-24,29,45H,14,25-28,30H2,1H3/b37-29+. The summed E-state index contributed by atoms with van der Waals surface area (Å²) in [5.41, 5.74) is 5.23. The number of hydrogen-bond acceptors (Lipinski definition) is 5. The van der Waals surface area contributed by atoms with Crippen LogP contribution in [0.5, 0.6) is 0 Å². The summed E-state index contributed by atoms with van der Waals surface area (Å²) >= 11 is 12.6. The molecule has 0 aliphatic heterocycles. The van der Waals surface area contributed by atoms with Crippen molar-refractivity contribution in [3.8, 4) is 0 Å². The molecular formula is C42H39Cl2NO4. The first-order valence-electron chi connectivity index (χ1n) is 16.3. The van der Waals surface area contributed by atoms with E-state index in [0.717, 1.165) is 34.2 Å². The second-order valence-corrected chi connectivity index (χ2v) is 12.4. The summed E-state index contributed by atoms with van der Waals surface area (Å²) in [6.07, 6.45) is 2.72. The van der Waals surface area contributed by atoms with Crippen LogP contribution in [0.2, 0.25) is 10.0 Å². The molecule has 0 radical (unpaired) electrons. The van der Waals surface area contributed by atoms with Gasteiger partial charge in [0, 0.05) is 28.6 Å². The molecule has 250 valence electrons. The number of ether oxygens (including phenoxy) is 2. The molecule has 5 nitrogen and oxygen atoms in total. The van der Waals surface area contributed by atoms with Gasteiger partial charge in [-0.1, -0.05) is 145 Å². The van der Waals surface area contributed by atoms with Gasteiger partial charge < -0.3 is 9.47 Å². The number of halogens is 2. The van der Waals surface area contributed by atoms with Crippen LogP contribution in [-0.4, -0.2) is 32.0 Å². The molecule has 49 heavy (non-hydrogen) atoms. The number of methoxy groups -OCH3 is 1. The van der Waals surface area contributed by atoms with E-state index in [2.05, 4.69) is 78.1 Å². The van der Waals surface area contributed by atoms with Gasteiger partial charge in [0.1, 0.15) is 5.57 Å². The van der Waals surface area contributed by atoms with Crippen LogP contribution in [0.4, 0.5) is 0 Å². The molecule has 0 aliphatic carbocycles. The first-order valence-corrected chi connectivity index (χ1v) is 17.0. The Morgan fingerprint density at radius 3 is 1.73 bits per heavy atom. The average Bonchev–Trinajstić information content (AvgIpc) is 3.15. The molecule has 5 aromatic carbocycles. The summed E-state index contributed by atoms with van der Waals surface area (Å²) < 4.78 is 11.1. The van der Waals surface area contributed by atoms with Gasteiger partial charge in [0.25, 0.3) is 0 Å². The minimum Gasteiger partial charge on any atom is -0.465 e.